The van der Waals surface area contributed by atoms with Crippen molar-refractivity contribution in [2.45, 2.75) is 10.3 Å². The number of amides is 1. The quantitative estimate of drug-likeness (QED) is 0.534. The third-order valence-corrected chi connectivity index (χ3v) is 7.51. The number of nitrogens with zero attached hydrogens (tertiary/aromatic N) is 4. The maximum absolute atomic E-state index is 13.2. The van der Waals surface area contributed by atoms with Crippen LogP contribution in [0.2, 0.25) is 0 Å². The molecule has 1 amide bonds. The highest BCUT2D eigenvalue weighted by molar-refractivity contribution is 6.53. The molecule has 1 aliphatic heterocycles. The van der Waals surface area contributed by atoms with Gasteiger partial charge in [0, 0.05) is 43.5 Å². The average Bonchev–Trinajstić information content (AvgIpc) is 3.44. The molecule has 0 spiro atoms. The summed E-state index contributed by atoms with van der Waals surface area (Å²) in [5.74, 6) is 1.34. The predicted octanol–water partition coefficient (Wildman–Crippen LogP) is 3.47. The fourth-order valence-electron chi connectivity index (χ4n) is 4.64. The van der Waals surface area contributed by atoms with Crippen LogP contribution in [-0.4, -0.2) is 65.5 Å². The topological polar surface area (TPSA) is 93.8 Å². The molecule has 1 aromatic heterocycles. The molecule has 5 rings (SSSR count). The minimum absolute atomic E-state index is 0.0192. The van der Waals surface area contributed by atoms with Gasteiger partial charge in [-0.1, -0.05) is 30.3 Å². The number of carbonyl (C=O) groups is 1. The van der Waals surface area contributed by atoms with Crippen LogP contribution < -0.4 is 20.1 Å². The first-order chi connectivity index (χ1) is 16.3. The lowest BCUT2D eigenvalue weighted by molar-refractivity contribution is -0.133. The van der Waals surface area contributed by atoms with E-state index in [1.807, 2.05) is 40.1 Å². The van der Waals surface area contributed by atoms with E-state index in [-0.39, 0.29) is 11.8 Å². The number of nitrogens with two attached hydrogens (primary N) is 1. The molecule has 1 saturated heterocycles. The van der Waals surface area contributed by atoms with Gasteiger partial charge in [-0.2, -0.15) is 4.98 Å². The van der Waals surface area contributed by atoms with E-state index in [4.69, 9.17) is 38.4 Å². The predicted molar refractivity (Wildman–Crippen MR) is 133 cm³/mol. The van der Waals surface area contributed by atoms with Gasteiger partial charge < -0.3 is 25.0 Å². The zero-order chi connectivity index (χ0) is 24.0. The van der Waals surface area contributed by atoms with Crippen LogP contribution in [0.3, 0.4) is 0 Å². The fourth-order valence-corrected chi connectivity index (χ4v) is 5.46. The lowest BCUT2D eigenvalue weighted by atomic mass is 10.1. The van der Waals surface area contributed by atoms with Crippen LogP contribution >= 0.6 is 23.2 Å². The smallest absolute Gasteiger partial charge is 0.229 e. The number of halogens is 2. The maximum atomic E-state index is 13.2. The number of hydrogen-bond acceptors (Lipinski definition) is 7. The number of aromatic nitrogens is 2. The molecule has 2 aromatic carbocycles. The molecule has 2 atom stereocenters. The van der Waals surface area contributed by atoms with Crippen molar-refractivity contribution in [3.8, 4) is 11.5 Å². The number of rotatable bonds is 5. The Morgan fingerprint density at radius 3 is 2.32 bits per heavy atom. The summed E-state index contributed by atoms with van der Waals surface area (Å²) < 4.78 is 9.66. The van der Waals surface area contributed by atoms with Gasteiger partial charge in [-0.25, -0.2) is 4.98 Å². The molecule has 2 aliphatic rings. The molecule has 34 heavy (non-hydrogen) atoms. The van der Waals surface area contributed by atoms with Crippen molar-refractivity contribution >= 4 is 51.8 Å². The summed E-state index contributed by atoms with van der Waals surface area (Å²) in [7, 11) is 3.14. The van der Waals surface area contributed by atoms with Crippen molar-refractivity contribution in [3.63, 3.8) is 0 Å². The minimum atomic E-state index is -1.08. The summed E-state index contributed by atoms with van der Waals surface area (Å²) in [6, 6.07) is 13.3. The van der Waals surface area contributed by atoms with E-state index in [9.17, 15) is 4.79 Å². The summed E-state index contributed by atoms with van der Waals surface area (Å²) in [5, 5.41) is 0.691. The molecule has 2 fully saturated rings. The number of methoxy groups -OCH3 is 2. The molecule has 2 N–H and O–H groups in total. The second kappa shape index (κ2) is 8.67. The van der Waals surface area contributed by atoms with Gasteiger partial charge in [0.2, 0.25) is 11.9 Å². The third-order valence-electron chi connectivity index (χ3n) is 6.57. The van der Waals surface area contributed by atoms with E-state index < -0.39 is 10.3 Å². The lowest BCUT2D eigenvalue weighted by Gasteiger charge is -2.35. The number of ether oxygens (including phenoxy) is 2. The van der Waals surface area contributed by atoms with Crippen molar-refractivity contribution in [1.82, 2.24) is 14.9 Å². The van der Waals surface area contributed by atoms with E-state index >= 15 is 0 Å². The second-order valence-corrected chi connectivity index (χ2v) is 9.93. The van der Waals surface area contributed by atoms with E-state index in [0.717, 1.165) is 5.56 Å². The van der Waals surface area contributed by atoms with Gasteiger partial charge in [0.1, 0.15) is 10.2 Å². The van der Waals surface area contributed by atoms with Gasteiger partial charge in [-0.15, -0.1) is 23.2 Å². The summed E-state index contributed by atoms with van der Waals surface area (Å²) >= 11 is 13.0. The van der Waals surface area contributed by atoms with Crippen molar-refractivity contribution in [2.24, 2.45) is 5.92 Å². The minimum Gasteiger partial charge on any atom is -0.493 e. The molecule has 2 unspecified atom stereocenters. The summed E-state index contributed by atoms with van der Waals surface area (Å²) in [6.07, 6.45) is 0. The van der Waals surface area contributed by atoms with Gasteiger partial charge in [-0.3, -0.25) is 4.79 Å². The van der Waals surface area contributed by atoms with Gasteiger partial charge in [-0.05, 0) is 11.6 Å². The van der Waals surface area contributed by atoms with Crippen LogP contribution in [0.4, 0.5) is 11.8 Å². The zero-order valence-corrected chi connectivity index (χ0v) is 20.4. The molecule has 178 valence electrons. The van der Waals surface area contributed by atoms with E-state index in [0.29, 0.717) is 60.3 Å². The standard InChI is InChI=1S/C24H25Cl2N5O3/c1-33-17-12-15-16(13-18(17)34-2)28-23(29-21(15)27)31-10-8-30(9-11-31)22(32)20-19(24(20,25)26)14-6-4-3-5-7-14/h3-7,12-13,19-20H,8-11H2,1-2H3,(H2,27,28,29). The molecular weight excluding hydrogens is 477 g/mol. The summed E-state index contributed by atoms with van der Waals surface area (Å²) in [6.45, 7) is 2.19. The first-order valence-corrected chi connectivity index (χ1v) is 11.8. The Hall–Kier alpha value is -2.97. The van der Waals surface area contributed by atoms with Gasteiger partial charge in [0.25, 0.3) is 0 Å². The van der Waals surface area contributed by atoms with Crippen LogP contribution in [0.1, 0.15) is 11.5 Å². The Labute approximate surface area is 207 Å². The van der Waals surface area contributed by atoms with E-state index in [1.165, 1.54) is 0 Å². The van der Waals surface area contributed by atoms with Crippen molar-refractivity contribution in [3.05, 3.63) is 48.0 Å². The van der Waals surface area contributed by atoms with Crippen LogP contribution in [0.5, 0.6) is 11.5 Å². The number of anilines is 2. The maximum Gasteiger partial charge on any atom is 0.229 e. The SMILES string of the molecule is COc1cc2nc(N3CCN(C(=O)C4C(c5ccccc5)C4(Cl)Cl)CC3)nc(N)c2cc1OC. The Kier molecular flexibility index (Phi) is 5.81. The van der Waals surface area contributed by atoms with Crippen molar-refractivity contribution in [1.29, 1.82) is 0 Å². The number of piperazine rings is 1. The van der Waals surface area contributed by atoms with Crippen LogP contribution in [0, 0.1) is 5.92 Å². The normalized spacial score (nSPS) is 21.4. The number of carbonyl (C=O) groups excluding carboxylic acids is 1. The van der Waals surface area contributed by atoms with Crippen LogP contribution in [0.25, 0.3) is 10.9 Å². The van der Waals surface area contributed by atoms with Gasteiger partial charge in [0.15, 0.2) is 11.5 Å². The van der Waals surface area contributed by atoms with E-state index in [2.05, 4.69) is 9.97 Å². The largest absolute Gasteiger partial charge is 0.493 e. The molecule has 0 radical (unpaired) electrons. The molecule has 2 heterocycles. The number of alkyl halides is 2. The van der Waals surface area contributed by atoms with Crippen molar-refractivity contribution < 1.29 is 14.3 Å². The van der Waals surface area contributed by atoms with Crippen molar-refractivity contribution in [2.75, 3.05) is 51.0 Å². The van der Waals surface area contributed by atoms with Crippen LogP contribution in [0.15, 0.2) is 42.5 Å². The molecule has 1 aliphatic carbocycles. The first kappa shape index (κ1) is 22.8. The van der Waals surface area contributed by atoms with Crippen LogP contribution in [-0.2, 0) is 4.79 Å². The van der Waals surface area contributed by atoms with Gasteiger partial charge in [0.05, 0.1) is 25.7 Å². The number of benzene rings is 2. The Morgan fingerprint density at radius 1 is 1.03 bits per heavy atom. The second-order valence-electron chi connectivity index (χ2n) is 8.49. The molecular formula is C24H25Cl2N5O3. The highest BCUT2D eigenvalue weighted by Gasteiger charge is 2.68. The Balaban J connectivity index is 1.30. The third kappa shape index (κ3) is 3.84. The molecule has 0 bridgehead atoms. The molecule has 8 nitrogen and oxygen atoms in total. The number of fused-ring (bicyclic) bond motifs is 1. The van der Waals surface area contributed by atoms with Gasteiger partial charge >= 0.3 is 0 Å². The fraction of sp³-hybridized carbons (Fsp3) is 0.375. The molecule has 1 saturated carbocycles. The Bertz CT molecular complexity index is 1230. The number of hydrogen-bond donors (Lipinski definition) is 1. The highest BCUT2D eigenvalue weighted by atomic mass is 35.5. The zero-order valence-electron chi connectivity index (χ0n) is 18.9. The monoisotopic (exact) mass is 501 g/mol. The van der Waals surface area contributed by atoms with E-state index in [1.54, 1.807) is 26.4 Å². The number of nitrogen functional groups attached to an aromatic ring is 1. The summed E-state index contributed by atoms with van der Waals surface area (Å²) in [4.78, 5) is 26.3. The lowest BCUT2D eigenvalue weighted by Crippen LogP contribution is -2.50. The average molecular weight is 502 g/mol. The Morgan fingerprint density at radius 2 is 1.68 bits per heavy atom. The first-order valence-electron chi connectivity index (χ1n) is 11.0. The highest BCUT2D eigenvalue weighted by Crippen LogP contribution is 2.65. The molecule has 3 aromatic rings. The summed E-state index contributed by atoms with van der Waals surface area (Å²) in [5.41, 5.74) is 7.88. The molecule has 10 heteroatoms.